The van der Waals surface area contributed by atoms with Crippen LogP contribution in [0.3, 0.4) is 0 Å². The fourth-order valence-electron chi connectivity index (χ4n) is 3.75. The molecule has 0 aliphatic heterocycles. The van der Waals surface area contributed by atoms with Gasteiger partial charge >= 0.3 is 0 Å². The van der Waals surface area contributed by atoms with Crippen molar-refractivity contribution in [2.75, 3.05) is 12.4 Å². The van der Waals surface area contributed by atoms with Gasteiger partial charge in [-0.25, -0.2) is 4.98 Å². The van der Waals surface area contributed by atoms with Crippen molar-refractivity contribution in [2.45, 2.75) is 39.7 Å². The Morgan fingerprint density at radius 3 is 2.75 bits per heavy atom. The highest BCUT2D eigenvalue weighted by molar-refractivity contribution is 5.67. The highest BCUT2D eigenvalue weighted by Crippen LogP contribution is 2.38. The number of ether oxygens (including phenoxy) is 1. The van der Waals surface area contributed by atoms with Gasteiger partial charge in [0, 0.05) is 29.4 Å². The molecule has 2 N–H and O–H groups in total. The first kappa shape index (κ1) is 18.5. The molecule has 0 unspecified atom stereocenters. The largest absolute Gasteiger partial charge is 0.497 e. The van der Waals surface area contributed by atoms with Gasteiger partial charge in [-0.1, -0.05) is 26.0 Å². The van der Waals surface area contributed by atoms with E-state index in [0.717, 1.165) is 47.5 Å². The van der Waals surface area contributed by atoms with Gasteiger partial charge in [0.1, 0.15) is 11.6 Å². The Morgan fingerprint density at radius 2 is 2.00 bits per heavy atom. The number of hydrogen-bond acceptors (Lipinski definition) is 4. The van der Waals surface area contributed by atoms with E-state index in [2.05, 4.69) is 34.3 Å². The molecular formula is C22H25FN4O. The second kappa shape index (κ2) is 7.26. The van der Waals surface area contributed by atoms with Crippen LogP contribution in [0.2, 0.25) is 0 Å². The minimum absolute atomic E-state index is 0.269. The fraction of sp³-hybridized carbons (Fsp3) is 0.364. The van der Waals surface area contributed by atoms with Crippen molar-refractivity contribution in [1.29, 1.82) is 0 Å². The van der Waals surface area contributed by atoms with Crippen molar-refractivity contribution in [3.63, 3.8) is 0 Å². The zero-order valence-corrected chi connectivity index (χ0v) is 16.5. The molecule has 28 heavy (non-hydrogen) atoms. The Balaban J connectivity index is 1.55. The van der Waals surface area contributed by atoms with Crippen molar-refractivity contribution in [2.24, 2.45) is 5.41 Å². The van der Waals surface area contributed by atoms with Crippen LogP contribution in [-0.4, -0.2) is 22.3 Å². The smallest absolute Gasteiger partial charge is 0.215 e. The van der Waals surface area contributed by atoms with Crippen molar-refractivity contribution in [3.8, 4) is 17.0 Å². The average molecular weight is 380 g/mol. The number of methoxy groups -OCH3 is 1. The summed E-state index contributed by atoms with van der Waals surface area (Å²) in [5.41, 5.74) is 5.28. The zero-order chi connectivity index (χ0) is 19.7. The number of aromatic nitrogens is 3. The fourth-order valence-corrected chi connectivity index (χ4v) is 3.75. The monoisotopic (exact) mass is 380 g/mol. The van der Waals surface area contributed by atoms with Crippen LogP contribution in [0.5, 0.6) is 5.75 Å². The summed E-state index contributed by atoms with van der Waals surface area (Å²) in [4.78, 5) is 3.99. The van der Waals surface area contributed by atoms with Gasteiger partial charge in [0.25, 0.3) is 0 Å². The molecule has 0 amide bonds. The molecule has 0 fully saturated rings. The van der Waals surface area contributed by atoms with Crippen LogP contribution in [-0.2, 0) is 19.4 Å². The molecule has 3 aromatic rings. The van der Waals surface area contributed by atoms with Gasteiger partial charge in [-0.15, -0.1) is 0 Å². The van der Waals surface area contributed by atoms with E-state index in [9.17, 15) is 4.39 Å². The van der Waals surface area contributed by atoms with E-state index in [1.807, 2.05) is 30.3 Å². The molecule has 146 valence electrons. The quantitative estimate of drug-likeness (QED) is 0.627. The third kappa shape index (κ3) is 3.86. The molecule has 5 nitrogen and oxygen atoms in total. The first-order chi connectivity index (χ1) is 13.4. The predicted octanol–water partition coefficient (Wildman–Crippen LogP) is 4.75. The lowest BCUT2D eigenvalue weighted by atomic mass is 9.76. The lowest BCUT2D eigenvalue weighted by molar-refractivity contribution is 0.312. The van der Waals surface area contributed by atoms with Crippen LogP contribution >= 0.6 is 0 Å². The van der Waals surface area contributed by atoms with Crippen molar-refractivity contribution < 1.29 is 9.13 Å². The Kier molecular flexibility index (Phi) is 4.79. The van der Waals surface area contributed by atoms with Gasteiger partial charge in [0.2, 0.25) is 5.95 Å². The Labute approximate surface area is 164 Å². The molecule has 0 radical (unpaired) electrons. The molecule has 2 heterocycles. The number of aromatic amines is 1. The molecule has 6 heteroatoms. The van der Waals surface area contributed by atoms with E-state index in [1.165, 1.54) is 11.6 Å². The van der Waals surface area contributed by atoms with Gasteiger partial charge in [-0.2, -0.15) is 9.49 Å². The maximum Gasteiger partial charge on any atom is 0.215 e. The lowest BCUT2D eigenvalue weighted by Gasteiger charge is -2.29. The summed E-state index contributed by atoms with van der Waals surface area (Å²) in [6.07, 6.45) is 3.01. The SMILES string of the molecule is COc1ccc(CNc2cc(-c3n[nH]c4c3CCC(C)(C)C4)cc(F)n2)cc1. The summed E-state index contributed by atoms with van der Waals surface area (Å²) in [6.45, 7) is 5.08. The van der Waals surface area contributed by atoms with Crippen LogP contribution < -0.4 is 10.1 Å². The molecular weight excluding hydrogens is 355 g/mol. The highest BCUT2D eigenvalue weighted by Gasteiger charge is 2.29. The van der Waals surface area contributed by atoms with Crippen molar-refractivity contribution in [1.82, 2.24) is 15.2 Å². The number of hydrogen-bond donors (Lipinski definition) is 2. The molecule has 1 aromatic carbocycles. The molecule has 0 bridgehead atoms. The van der Waals surface area contributed by atoms with Crippen LogP contribution in [0.15, 0.2) is 36.4 Å². The number of rotatable bonds is 5. The normalized spacial score (nSPS) is 15.1. The maximum atomic E-state index is 14.2. The molecule has 0 saturated carbocycles. The highest BCUT2D eigenvalue weighted by atomic mass is 19.1. The second-order valence-electron chi connectivity index (χ2n) is 8.14. The van der Waals surface area contributed by atoms with E-state index >= 15 is 0 Å². The van der Waals surface area contributed by atoms with Crippen LogP contribution in [0.4, 0.5) is 10.2 Å². The van der Waals surface area contributed by atoms with E-state index in [-0.39, 0.29) is 5.41 Å². The minimum Gasteiger partial charge on any atom is -0.497 e. The number of halogens is 1. The van der Waals surface area contributed by atoms with Gasteiger partial charge in [0.05, 0.1) is 12.8 Å². The van der Waals surface area contributed by atoms with Gasteiger partial charge in [0.15, 0.2) is 0 Å². The number of benzene rings is 1. The average Bonchev–Trinajstić information content (AvgIpc) is 3.08. The van der Waals surface area contributed by atoms with Crippen LogP contribution in [0, 0.1) is 11.4 Å². The van der Waals surface area contributed by atoms with E-state index in [0.29, 0.717) is 12.4 Å². The number of nitrogens with one attached hydrogen (secondary N) is 2. The second-order valence-corrected chi connectivity index (χ2v) is 8.14. The maximum absolute atomic E-state index is 14.2. The Hall–Kier alpha value is -2.89. The van der Waals surface area contributed by atoms with Gasteiger partial charge in [-0.3, -0.25) is 5.10 Å². The number of pyridine rings is 1. The third-order valence-electron chi connectivity index (χ3n) is 5.36. The summed E-state index contributed by atoms with van der Waals surface area (Å²) in [6, 6.07) is 11.1. The molecule has 1 aliphatic carbocycles. The zero-order valence-electron chi connectivity index (χ0n) is 16.5. The summed E-state index contributed by atoms with van der Waals surface area (Å²) in [7, 11) is 1.64. The van der Waals surface area contributed by atoms with Crippen LogP contribution in [0.25, 0.3) is 11.3 Å². The van der Waals surface area contributed by atoms with Crippen molar-refractivity contribution in [3.05, 3.63) is 59.2 Å². The van der Waals surface area contributed by atoms with E-state index < -0.39 is 5.95 Å². The minimum atomic E-state index is -0.511. The Morgan fingerprint density at radius 1 is 1.21 bits per heavy atom. The standard InChI is InChI=1S/C22H25FN4O/c1-22(2)9-8-17-18(12-22)26-27-21(17)15-10-19(23)25-20(11-15)24-13-14-4-6-16(28-3)7-5-14/h4-7,10-11H,8-9,12-13H2,1-3H3,(H,24,25)(H,26,27). The Bertz CT molecular complexity index is 979. The predicted molar refractivity (Wildman–Crippen MR) is 108 cm³/mol. The first-order valence-electron chi connectivity index (χ1n) is 9.54. The summed E-state index contributed by atoms with van der Waals surface area (Å²) in [5, 5.41) is 10.9. The molecule has 0 spiro atoms. The molecule has 4 rings (SSSR count). The third-order valence-corrected chi connectivity index (χ3v) is 5.36. The molecule has 2 aromatic heterocycles. The van der Waals surface area contributed by atoms with Gasteiger partial charge in [-0.05, 0) is 48.4 Å². The van der Waals surface area contributed by atoms with Crippen LogP contribution in [0.1, 0.15) is 37.1 Å². The van der Waals surface area contributed by atoms with Crippen molar-refractivity contribution >= 4 is 5.82 Å². The van der Waals surface area contributed by atoms with E-state index in [4.69, 9.17) is 4.74 Å². The number of H-pyrrole nitrogens is 1. The number of nitrogens with zero attached hydrogens (tertiary/aromatic N) is 2. The lowest BCUT2D eigenvalue weighted by Crippen LogP contribution is -2.21. The van der Waals surface area contributed by atoms with Gasteiger partial charge < -0.3 is 10.1 Å². The summed E-state index contributed by atoms with van der Waals surface area (Å²) < 4.78 is 19.4. The molecule has 0 saturated heterocycles. The molecule has 0 atom stereocenters. The number of fused-ring (bicyclic) bond motifs is 1. The number of anilines is 1. The summed E-state index contributed by atoms with van der Waals surface area (Å²) in [5.74, 6) is 0.794. The van der Waals surface area contributed by atoms with E-state index in [1.54, 1.807) is 7.11 Å². The first-order valence-corrected chi connectivity index (χ1v) is 9.54. The summed E-state index contributed by atoms with van der Waals surface area (Å²) >= 11 is 0. The topological polar surface area (TPSA) is 62.8 Å². The molecule has 1 aliphatic rings.